The van der Waals surface area contributed by atoms with E-state index in [1.165, 1.54) is 42.5 Å². The third-order valence-corrected chi connectivity index (χ3v) is 5.85. The van der Waals surface area contributed by atoms with Gasteiger partial charge in [-0.3, -0.25) is 29.3 Å². The highest BCUT2D eigenvalue weighted by atomic mass is 35.5. The molecule has 0 aliphatic carbocycles. The van der Waals surface area contributed by atoms with Crippen molar-refractivity contribution in [2.75, 3.05) is 6.54 Å². The molecule has 1 aliphatic heterocycles. The average Bonchev–Trinajstić information content (AvgIpc) is 3.09. The summed E-state index contributed by atoms with van der Waals surface area (Å²) in [5.74, 6) is -3.04. The van der Waals surface area contributed by atoms with E-state index in [2.05, 4.69) is 0 Å². The Bertz CT molecular complexity index is 1340. The second-order valence-corrected chi connectivity index (χ2v) is 8.00. The first kappa shape index (κ1) is 23.1. The average molecular weight is 498 g/mol. The van der Waals surface area contributed by atoms with Crippen LogP contribution in [0.3, 0.4) is 0 Å². The van der Waals surface area contributed by atoms with Gasteiger partial charge in [0, 0.05) is 23.3 Å². The number of non-ortho nitro benzene ring substituents is 1. The van der Waals surface area contributed by atoms with Gasteiger partial charge in [0.15, 0.2) is 5.78 Å². The van der Waals surface area contributed by atoms with Crippen molar-refractivity contribution in [1.82, 2.24) is 10.0 Å². The van der Waals surface area contributed by atoms with Crippen molar-refractivity contribution in [3.63, 3.8) is 0 Å². The van der Waals surface area contributed by atoms with E-state index in [0.29, 0.717) is 5.01 Å². The fourth-order valence-corrected chi connectivity index (χ4v) is 3.70. The highest BCUT2D eigenvalue weighted by molar-refractivity contribution is 6.42. The van der Waals surface area contributed by atoms with E-state index in [1.54, 1.807) is 12.1 Å². The number of benzene rings is 3. The lowest BCUT2D eigenvalue weighted by atomic mass is 10.1. The molecule has 0 bridgehead atoms. The van der Waals surface area contributed by atoms with Crippen LogP contribution < -0.4 is 0 Å². The summed E-state index contributed by atoms with van der Waals surface area (Å²) in [6.45, 7) is -0.692. The van der Waals surface area contributed by atoms with Crippen LogP contribution in [-0.4, -0.2) is 45.0 Å². The van der Waals surface area contributed by atoms with Crippen molar-refractivity contribution < 1.29 is 24.1 Å². The Hall–Kier alpha value is -4.08. The van der Waals surface area contributed by atoms with Gasteiger partial charge in [-0.15, -0.1) is 0 Å². The lowest BCUT2D eigenvalue weighted by molar-refractivity contribution is -0.384. The van der Waals surface area contributed by atoms with Gasteiger partial charge in [0.25, 0.3) is 23.4 Å². The third-order valence-electron chi connectivity index (χ3n) is 5.11. The number of nitro groups is 1. The fraction of sp³-hybridized carbons (Fsp3) is 0.0435. The van der Waals surface area contributed by atoms with Crippen LogP contribution in [-0.2, 0) is 0 Å². The number of Topliss-reactive ketones (excluding diaryl/α,β-unsaturated/α-hetero) is 1. The molecule has 4 rings (SSSR count). The maximum Gasteiger partial charge on any atom is 0.280 e. The molecule has 0 radical (unpaired) electrons. The first-order valence-corrected chi connectivity index (χ1v) is 10.5. The summed E-state index contributed by atoms with van der Waals surface area (Å²) < 4.78 is 0. The van der Waals surface area contributed by atoms with Crippen molar-refractivity contribution in [2.45, 2.75) is 0 Å². The highest BCUT2D eigenvalue weighted by Gasteiger charge is 2.42. The molecule has 0 unspecified atom stereocenters. The molecule has 34 heavy (non-hydrogen) atoms. The summed E-state index contributed by atoms with van der Waals surface area (Å²) in [7, 11) is 0. The number of hydrazine groups is 1. The molecule has 0 saturated carbocycles. The first-order valence-electron chi connectivity index (χ1n) is 9.71. The lowest BCUT2D eigenvalue weighted by Gasteiger charge is -2.29. The Morgan fingerprint density at radius 1 is 0.853 bits per heavy atom. The van der Waals surface area contributed by atoms with Gasteiger partial charge in [-0.2, -0.15) is 5.01 Å². The molecule has 9 nitrogen and oxygen atoms in total. The van der Waals surface area contributed by atoms with Crippen molar-refractivity contribution in [3.8, 4) is 0 Å². The molecule has 3 aromatic rings. The van der Waals surface area contributed by atoms with E-state index in [1.807, 2.05) is 0 Å². The topological polar surface area (TPSA) is 118 Å². The van der Waals surface area contributed by atoms with Crippen molar-refractivity contribution in [2.24, 2.45) is 0 Å². The van der Waals surface area contributed by atoms with E-state index >= 15 is 0 Å². The minimum absolute atomic E-state index is 0.0116. The van der Waals surface area contributed by atoms with Crippen LogP contribution in [0.5, 0.6) is 0 Å². The number of nitro benzene ring substituents is 1. The molecular formula is C23H13Cl2N3O6. The van der Waals surface area contributed by atoms with Crippen LogP contribution in [0.1, 0.15) is 41.4 Å². The summed E-state index contributed by atoms with van der Waals surface area (Å²) in [5, 5.41) is 12.5. The third kappa shape index (κ3) is 4.14. The maximum atomic E-state index is 13.4. The van der Waals surface area contributed by atoms with E-state index in [4.69, 9.17) is 23.2 Å². The van der Waals surface area contributed by atoms with E-state index in [-0.39, 0.29) is 38.0 Å². The molecule has 0 atom stereocenters. The van der Waals surface area contributed by atoms with Gasteiger partial charge in [-0.05, 0) is 42.5 Å². The predicted molar refractivity (Wildman–Crippen MR) is 122 cm³/mol. The number of carbonyl (C=O) groups excluding carboxylic acids is 4. The second kappa shape index (κ2) is 9.05. The number of hydrogen-bond acceptors (Lipinski definition) is 6. The van der Waals surface area contributed by atoms with Gasteiger partial charge in [-0.25, -0.2) is 5.01 Å². The number of amides is 3. The summed E-state index contributed by atoms with van der Waals surface area (Å²) in [6.07, 6.45) is 0. The van der Waals surface area contributed by atoms with E-state index in [0.717, 1.165) is 17.1 Å². The quantitative estimate of drug-likeness (QED) is 0.215. The first-order chi connectivity index (χ1) is 16.2. The number of carbonyl (C=O) groups is 4. The normalized spacial score (nSPS) is 12.5. The van der Waals surface area contributed by atoms with Crippen LogP contribution in [0, 0.1) is 10.1 Å². The molecule has 0 saturated heterocycles. The Morgan fingerprint density at radius 3 is 1.94 bits per heavy atom. The zero-order chi connectivity index (χ0) is 24.6. The molecule has 1 heterocycles. The minimum Gasteiger partial charge on any atom is -0.292 e. The molecule has 3 aromatic carbocycles. The highest BCUT2D eigenvalue weighted by Crippen LogP contribution is 2.28. The zero-order valence-electron chi connectivity index (χ0n) is 17.1. The van der Waals surface area contributed by atoms with Gasteiger partial charge in [0.2, 0.25) is 0 Å². The summed E-state index contributed by atoms with van der Waals surface area (Å²) in [5.41, 5.74) is -0.0123. The molecule has 1 aliphatic rings. The van der Waals surface area contributed by atoms with Gasteiger partial charge in [0.05, 0.1) is 26.1 Å². The molecule has 3 amide bonds. The fourth-order valence-electron chi connectivity index (χ4n) is 3.40. The molecule has 170 valence electrons. The SMILES string of the molecule is O=C(CN(C(=O)c1ccc(Cl)c(Cl)c1)N1C(=O)c2ccccc2C1=O)c1ccc([N+](=O)[O-])cc1. The molecule has 0 spiro atoms. The van der Waals surface area contributed by atoms with E-state index < -0.39 is 35.0 Å². The number of nitrogens with zero attached hydrogens (tertiary/aromatic N) is 3. The Morgan fingerprint density at radius 2 is 1.41 bits per heavy atom. The smallest absolute Gasteiger partial charge is 0.280 e. The molecule has 0 N–H and O–H groups in total. The molecule has 0 aromatic heterocycles. The van der Waals surface area contributed by atoms with Gasteiger partial charge in [0.1, 0.15) is 6.54 Å². The Kier molecular flexibility index (Phi) is 6.14. The number of halogens is 2. The number of rotatable bonds is 6. The summed E-state index contributed by atoms with van der Waals surface area (Å²) in [6, 6.07) is 14.7. The summed E-state index contributed by atoms with van der Waals surface area (Å²) in [4.78, 5) is 62.7. The van der Waals surface area contributed by atoms with Crippen LogP contribution >= 0.6 is 23.2 Å². The van der Waals surface area contributed by atoms with Gasteiger partial charge >= 0.3 is 0 Å². The van der Waals surface area contributed by atoms with Gasteiger partial charge < -0.3 is 0 Å². The zero-order valence-corrected chi connectivity index (χ0v) is 18.6. The van der Waals surface area contributed by atoms with E-state index in [9.17, 15) is 29.3 Å². The molecular weight excluding hydrogens is 485 g/mol. The molecule has 11 heteroatoms. The summed E-state index contributed by atoms with van der Waals surface area (Å²) >= 11 is 11.9. The largest absolute Gasteiger partial charge is 0.292 e. The molecule has 0 fully saturated rings. The number of ketones is 1. The van der Waals surface area contributed by atoms with Crippen LogP contribution in [0.2, 0.25) is 10.0 Å². The van der Waals surface area contributed by atoms with Gasteiger partial charge in [-0.1, -0.05) is 35.3 Å². The standard InChI is InChI=1S/C23H13Cl2N3O6/c24-18-10-7-14(11-19(18)25)21(30)26(12-20(29)13-5-8-15(9-6-13)28(33)34)27-22(31)16-3-1-2-4-17(16)23(27)32/h1-11H,12H2. The number of fused-ring (bicyclic) bond motifs is 1. The van der Waals surface area contributed by atoms with Crippen LogP contribution in [0.25, 0.3) is 0 Å². The van der Waals surface area contributed by atoms with Crippen LogP contribution in [0.4, 0.5) is 5.69 Å². The predicted octanol–water partition coefficient (Wildman–Crippen LogP) is 4.44. The van der Waals surface area contributed by atoms with Crippen molar-refractivity contribution in [3.05, 3.63) is 109 Å². The Balaban J connectivity index is 1.72. The van der Waals surface area contributed by atoms with Crippen molar-refractivity contribution in [1.29, 1.82) is 0 Å². The second-order valence-electron chi connectivity index (χ2n) is 7.19. The number of imide groups is 1. The number of hydrogen-bond donors (Lipinski definition) is 0. The minimum atomic E-state index is -0.844. The van der Waals surface area contributed by atoms with Crippen LogP contribution in [0.15, 0.2) is 66.7 Å². The lowest BCUT2D eigenvalue weighted by Crippen LogP contribution is -2.51. The Labute approximate surface area is 202 Å². The monoisotopic (exact) mass is 497 g/mol. The maximum absolute atomic E-state index is 13.4. The van der Waals surface area contributed by atoms with Crippen molar-refractivity contribution >= 4 is 52.4 Å².